The van der Waals surface area contributed by atoms with Crippen LogP contribution in [0.15, 0.2) is 47.2 Å². The van der Waals surface area contributed by atoms with Crippen LogP contribution in [0.2, 0.25) is 0 Å². The minimum absolute atomic E-state index is 0.0712. The maximum absolute atomic E-state index is 4.51. The van der Waals surface area contributed by atoms with Crippen LogP contribution in [-0.2, 0) is 3.42 Å². The Morgan fingerprint density at radius 2 is 2.31 bits per heavy atom. The summed E-state index contributed by atoms with van der Waals surface area (Å²) in [4.78, 5) is 8.55. The van der Waals surface area contributed by atoms with E-state index < -0.39 is 0 Å². The van der Waals surface area contributed by atoms with Crippen molar-refractivity contribution < 1.29 is 0 Å². The molecular formula is C13H9IN2. The maximum atomic E-state index is 4.51. The normalized spacial score (nSPS) is 25.6. The number of fused-ring (bicyclic) bond motifs is 2. The van der Waals surface area contributed by atoms with Gasteiger partial charge in [-0.05, 0) is 36.1 Å². The molecule has 3 rings (SSSR count). The molecule has 1 aromatic rings. The zero-order valence-corrected chi connectivity index (χ0v) is 10.9. The number of pyridine rings is 1. The Kier molecular flexibility index (Phi) is 2.13. The third kappa shape index (κ3) is 1.25. The summed E-state index contributed by atoms with van der Waals surface area (Å²) in [5.74, 6) is 2.92. The molecule has 2 heterocycles. The molecule has 0 spiro atoms. The van der Waals surface area contributed by atoms with Crippen molar-refractivity contribution in [3.05, 3.63) is 53.5 Å². The fourth-order valence-corrected chi connectivity index (χ4v) is 3.08. The lowest BCUT2D eigenvalue weighted by Crippen LogP contribution is -2.13. The van der Waals surface area contributed by atoms with E-state index in [1.165, 1.54) is 16.7 Å². The van der Waals surface area contributed by atoms with Crippen molar-refractivity contribution in [2.45, 2.75) is 10.3 Å². The third-order valence-corrected chi connectivity index (χ3v) is 4.03. The van der Waals surface area contributed by atoms with Gasteiger partial charge >= 0.3 is 0 Å². The molecule has 1 unspecified atom stereocenters. The lowest BCUT2D eigenvalue weighted by molar-refractivity contribution is 0.858. The number of halogens is 1. The first kappa shape index (κ1) is 10.00. The average molecular weight is 320 g/mol. The summed E-state index contributed by atoms with van der Waals surface area (Å²) in [6.45, 7) is 2.19. The summed E-state index contributed by atoms with van der Waals surface area (Å²) in [5, 5.41) is 0. The van der Waals surface area contributed by atoms with Gasteiger partial charge in [0.05, 0.1) is 9.12 Å². The minimum Gasteiger partial charge on any atom is -0.259 e. The van der Waals surface area contributed by atoms with Gasteiger partial charge in [0.1, 0.15) is 0 Å². The van der Waals surface area contributed by atoms with Crippen molar-refractivity contribution in [1.82, 2.24) is 4.98 Å². The molecule has 0 saturated carbocycles. The van der Waals surface area contributed by atoms with Gasteiger partial charge in [-0.1, -0.05) is 28.7 Å². The van der Waals surface area contributed by atoms with Crippen molar-refractivity contribution in [3.63, 3.8) is 0 Å². The molecule has 2 aliphatic rings. The third-order valence-electron chi connectivity index (χ3n) is 2.94. The van der Waals surface area contributed by atoms with Gasteiger partial charge in [-0.3, -0.25) is 4.98 Å². The number of allylic oxidation sites excluding steroid dienone is 4. The number of aliphatic imine (C=N–C) groups is 1. The SMILES string of the molecule is CC1(I)C2=C(C=C=NC=C2)c2cccnc21. The standard InChI is InChI=1S/C13H9IN2/c1-13(14)11-5-8-15-7-4-9(11)10-3-2-6-16-12(10)13/h2-6,8H,1H3. The van der Waals surface area contributed by atoms with Crippen LogP contribution in [0, 0.1) is 0 Å². The van der Waals surface area contributed by atoms with Crippen LogP contribution in [-0.4, -0.2) is 10.9 Å². The molecule has 0 aromatic carbocycles. The summed E-state index contributed by atoms with van der Waals surface area (Å²) in [5.41, 5.74) is 4.78. The molecule has 16 heavy (non-hydrogen) atoms. The highest BCUT2D eigenvalue weighted by Crippen LogP contribution is 2.50. The molecule has 1 aliphatic carbocycles. The van der Waals surface area contributed by atoms with Crippen molar-refractivity contribution >= 4 is 34.0 Å². The number of alkyl halides is 1. The molecule has 0 fully saturated rings. The Labute approximate surface area is 108 Å². The summed E-state index contributed by atoms with van der Waals surface area (Å²) < 4.78 is -0.0712. The van der Waals surface area contributed by atoms with Gasteiger partial charge in [-0.25, -0.2) is 4.99 Å². The van der Waals surface area contributed by atoms with E-state index in [2.05, 4.69) is 57.5 Å². The quantitative estimate of drug-likeness (QED) is 0.532. The number of hydrogen-bond donors (Lipinski definition) is 0. The molecule has 0 amide bonds. The first-order valence-corrected chi connectivity index (χ1v) is 6.14. The van der Waals surface area contributed by atoms with E-state index in [1.807, 2.05) is 18.3 Å². The highest BCUT2D eigenvalue weighted by Gasteiger charge is 2.38. The summed E-state index contributed by atoms with van der Waals surface area (Å²) in [6.07, 6.45) is 7.64. The average Bonchev–Trinajstić information content (AvgIpc) is 2.50. The van der Waals surface area contributed by atoms with Crippen LogP contribution in [0.5, 0.6) is 0 Å². The zero-order chi connectivity index (χ0) is 11.2. The second-order valence-corrected chi connectivity index (χ2v) is 6.11. The number of hydrogen-bond acceptors (Lipinski definition) is 2. The molecule has 78 valence electrons. The second-order valence-electron chi connectivity index (χ2n) is 3.95. The first-order chi connectivity index (χ1) is 7.71. The number of nitrogens with zero attached hydrogens (tertiary/aromatic N) is 2. The van der Waals surface area contributed by atoms with Gasteiger partial charge in [0.2, 0.25) is 0 Å². The van der Waals surface area contributed by atoms with Crippen LogP contribution in [0.4, 0.5) is 0 Å². The lowest BCUT2D eigenvalue weighted by atomic mass is 10.0. The maximum Gasteiger partial charge on any atom is 0.0874 e. The van der Waals surface area contributed by atoms with Crippen molar-refractivity contribution in [1.29, 1.82) is 0 Å². The Hall–Kier alpha value is -1.19. The molecule has 0 bridgehead atoms. The molecule has 0 radical (unpaired) electrons. The van der Waals surface area contributed by atoms with E-state index in [9.17, 15) is 0 Å². The lowest BCUT2D eigenvalue weighted by Gasteiger charge is -2.18. The van der Waals surface area contributed by atoms with E-state index in [0.717, 1.165) is 5.69 Å². The predicted molar refractivity (Wildman–Crippen MR) is 73.7 cm³/mol. The highest BCUT2D eigenvalue weighted by molar-refractivity contribution is 14.1. The van der Waals surface area contributed by atoms with Crippen LogP contribution in [0.3, 0.4) is 0 Å². The molecule has 1 aromatic heterocycles. The Balaban J connectivity index is 2.36. The Bertz CT molecular complexity index is 588. The molecule has 1 atom stereocenters. The van der Waals surface area contributed by atoms with E-state index in [4.69, 9.17) is 0 Å². The van der Waals surface area contributed by atoms with Crippen LogP contribution < -0.4 is 0 Å². The molecule has 2 nitrogen and oxygen atoms in total. The molecule has 3 heteroatoms. The molecule has 0 saturated heterocycles. The minimum atomic E-state index is -0.0712. The fourth-order valence-electron chi connectivity index (χ4n) is 2.18. The Morgan fingerprint density at radius 1 is 1.44 bits per heavy atom. The number of aromatic nitrogens is 1. The van der Waals surface area contributed by atoms with Gasteiger partial charge in [-0.15, -0.1) is 0 Å². The van der Waals surface area contributed by atoms with Crippen LogP contribution in [0.1, 0.15) is 18.2 Å². The van der Waals surface area contributed by atoms with Gasteiger partial charge in [0.15, 0.2) is 0 Å². The summed E-state index contributed by atoms with van der Waals surface area (Å²) >= 11 is 2.45. The first-order valence-electron chi connectivity index (χ1n) is 5.06. The van der Waals surface area contributed by atoms with Crippen molar-refractivity contribution in [2.24, 2.45) is 4.99 Å². The molecule has 0 N–H and O–H groups in total. The Morgan fingerprint density at radius 3 is 3.19 bits per heavy atom. The van der Waals surface area contributed by atoms with E-state index in [0.29, 0.717) is 0 Å². The van der Waals surface area contributed by atoms with E-state index in [1.54, 1.807) is 6.20 Å². The van der Waals surface area contributed by atoms with Gasteiger partial charge in [0.25, 0.3) is 0 Å². The predicted octanol–water partition coefficient (Wildman–Crippen LogP) is 3.25. The van der Waals surface area contributed by atoms with Crippen LogP contribution >= 0.6 is 22.6 Å². The zero-order valence-electron chi connectivity index (χ0n) is 8.74. The fraction of sp³-hybridized carbons (Fsp3) is 0.154. The monoisotopic (exact) mass is 320 g/mol. The smallest absolute Gasteiger partial charge is 0.0874 e. The summed E-state index contributed by atoms with van der Waals surface area (Å²) in [6, 6.07) is 4.08. The number of rotatable bonds is 0. The van der Waals surface area contributed by atoms with Gasteiger partial charge in [-0.2, -0.15) is 0 Å². The van der Waals surface area contributed by atoms with E-state index in [-0.39, 0.29) is 3.42 Å². The molecular weight excluding hydrogens is 311 g/mol. The summed E-state index contributed by atoms with van der Waals surface area (Å²) in [7, 11) is 0. The largest absolute Gasteiger partial charge is 0.259 e. The van der Waals surface area contributed by atoms with Gasteiger partial charge < -0.3 is 0 Å². The van der Waals surface area contributed by atoms with Crippen molar-refractivity contribution in [3.8, 4) is 0 Å². The molecule has 1 aliphatic heterocycles. The highest BCUT2D eigenvalue weighted by atomic mass is 127. The second kappa shape index (κ2) is 3.40. The van der Waals surface area contributed by atoms with Crippen molar-refractivity contribution in [2.75, 3.05) is 0 Å². The van der Waals surface area contributed by atoms with Crippen LogP contribution in [0.25, 0.3) is 5.57 Å². The van der Waals surface area contributed by atoms with Gasteiger partial charge in [0, 0.05) is 24.0 Å². The topological polar surface area (TPSA) is 25.2 Å². The van der Waals surface area contributed by atoms with E-state index >= 15 is 0 Å².